The number of carbonyl (C=O) groups excluding carboxylic acids is 2. The average molecular weight is 336 g/mol. The van der Waals surface area contributed by atoms with Crippen LogP contribution in [0, 0.1) is 13.8 Å². The summed E-state index contributed by atoms with van der Waals surface area (Å²) in [6, 6.07) is 0. The first kappa shape index (κ1) is 17.1. The van der Waals surface area contributed by atoms with Gasteiger partial charge in [0, 0.05) is 11.6 Å². The number of nitrogens with one attached hydrogen (secondary N) is 2. The lowest BCUT2D eigenvalue weighted by Gasteiger charge is -2.03. The van der Waals surface area contributed by atoms with Crippen molar-refractivity contribution >= 4 is 28.3 Å². The molecule has 2 rings (SSSR count). The molecule has 0 aromatic carbocycles. The molecule has 0 unspecified atom stereocenters. The first-order valence-electron chi connectivity index (χ1n) is 7.36. The van der Waals surface area contributed by atoms with Crippen molar-refractivity contribution in [1.82, 2.24) is 15.2 Å². The minimum Gasteiger partial charge on any atom is -0.462 e. The number of aromatic nitrogens is 3. The maximum atomic E-state index is 12.4. The van der Waals surface area contributed by atoms with Crippen LogP contribution in [0.5, 0.6) is 0 Å². The molecular weight excluding hydrogens is 316 g/mol. The standard InChI is InChI=1S/C15H20N4O3S/c1-6-22-14(21)10-8(4)11(16-9(10)5)12(20)17-15-19-18-13(23-15)7(2)3/h7,16H,6H2,1-5H3,(H,17,19,20). The van der Waals surface area contributed by atoms with Gasteiger partial charge in [-0.25, -0.2) is 4.79 Å². The summed E-state index contributed by atoms with van der Waals surface area (Å²) in [5.74, 6) is -0.536. The van der Waals surface area contributed by atoms with Crippen LogP contribution < -0.4 is 5.32 Å². The third-order valence-corrected chi connectivity index (χ3v) is 4.44. The molecule has 2 heterocycles. The van der Waals surface area contributed by atoms with Crippen LogP contribution in [-0.4, -0.2) is 33.7 Å². The molecule has 0 radical (unpaired) electrons. The fraction of sp³-hybridized carbons (Fsp3) is 0.467. The molecule has 0 atom stereocenters. The van der Waals surface area contributed by atoms with Crippen LogP contribution in [0.15, 0.2) is 0 Å². The Morgan fingerprint density at radius 3 is 2.57 bits per heavy atom. The minimum atomic E-state index is -0.434. The molecular formula is C15H20N4O3S. The van der Waals surface area contributed by atoms with Crippen molar-refractivity contribution in [3.8, 4) is 0 Å². The highest BCUT2D eigenvalue weighted by molar-refractivity contribution is 7.15. The van der Waals surface area contributed by atoms with Crippen LogP contribution in [-0.2, 0) is 4.74 Å². The molecule has 8 heteroatoms. The number of amides is 1. The van der Waals surface area contributed by atoms with Gasteiger partial charge >= 0.3 is 5.97 Å². The van der Waals surface area contributed by atoms with Crippen molar-refractivity contribution in [2.24, 2.45) is 0 Å². The minimum absolute atomic E-state index is 0.253. The zero-order valence-electron chi connectivity index (χ0n) is 13.8. The molecule has 0 aliphatic rings. The van der Waals surface area contributed by atoms with Gasteiger partial charge in [0.05, 0.1) is 12.2 Å². The van der Waals surface area contributed by atoms with Crippen LogP contribution in [0.3, 0.4) is 0 Å². The van der Waals surface area contributed by atoms with Crippen LogP contribution in [0.4, 0.5) is 5.13 Å². The number of hydrogen-bond donors (Lipinski definition) is 2. The SMILES string of the molecule is CCOC(=O)c1c(C)[nH]c(C(=O)Nc2nnc(C(C)C)s2)c1C. The van der Waals surface area contributed by atoms with Crippen molar-refractivity contribution in [3.63, 3.8) is 0 Å². The topological polar surface area (TPSA) is 97.0 Å². The first-order chi connectivity index (χ1) is 10.8. The van der Waals surface area contributed by atoms with E-state index in [0.29, 0.717) is 27.6 Å². The highest BCUT2D eigenvalue weighted by Crippen LogP contribution is 2.24. The Bertz CT molecular complexity index is 733. The second kappa shape index (κ2) is 6.91. The first-order valence-corrected chi connectivity index (χ1v) is 8.17. The van der Waals surface area contributed by atoms with E-state index in [9.17, 15) is 9.59 Å². The van der Waals surface area contributed by atoms with Gasteiger partial charge in [0.1, 0.15) is 10.7 Å². The molecule has 2 aromatic heterocycles. The fourth-order valence-electron chi connectivity index (χ4n) is 2.16. The Balaban J connectivity index is 2.22. The van der Waals surface area contributed by atoms with E-state index in [1.807, 2.05) is 13.8 Å². The molecule has 23 heavy (non-hydrogen) atoms. The number of aryl methyl sites for hydroxylation is 1. The highest BCUT2D eigenvalue weighted by Gasteiger charge is 2.23. The van der Waals surface area contributed by atoms with Crippen LogP contribution in [0.1, 0.15) is 63.8 Å². The molecule has 0 aliphatic carbocycles. The van der Waals surface area contributed by atoms with Crippen molar-refractivity contribution in [2.45, 2.75) is 40.5 Å². The molecule has 0 spiro atoms. The zero-order valence-corrected chi connectivity index (χ0v) is 14.6. The number of H-pyrrole nitrogens is 1. The molecule has 0 saturated carbocycles. The molecule has 0 bridgehead atoms. The predicted molar refractivity (Wildman–Crippen MR) is 88.2 cm³/mol. The predicted octanol–water partition coefficient (Wildman–Crippen LogP) is 3.04. The van der Waals surface area contributed by atoms with E-state index < -0.39 is 5.97 Å². The lowest BCUT2D eigenvalue weighted by atomic mass is 10.1. The van der Waals surface area contributed by atoms with Crippen molar-refractivity contribution in [1.29, 1.82) is 0 Å². The van der Waals surface area contributed by atoms with Crippen LogP contribution in [0.2, 0.25) is 0 Å². The van der Waals surface area contributed by atoms with Gasteiger partial charge in [0.15, 0.2) is 0 Å². The molecule has 7 nitrogen and oxygen atoms in total. The number of nitrogens with zero attached hydrogens (tertiary/aromatic N) is 2. The number of aromatic amines is 1. The average Bonchev–Trinajstić information content (AvgIpc) is 3.04. The summed E-state index contributed by atoms with van der Waals surface area (Å²) in [4.78, 5) is 27.3. The maximum absolute atomic E-state index is 12.4. The van der Waals surface area contributed by atoms with E-state index in [1.54, 1.807) is 20.8 Å². The summed E-state index contributed by atoms with van der Waals surface area (Å²) in [6.45, 7) is 9.49. The summed E-state index contributed by atoms with van der Waals surface area (Å²) in [5.41, 5.74) is 1.89. The third kappa shape index (κ3) is 3.58. The number of ether oxygens (including phenoxy) is 1. The van der Waals surface area contributed by atoms with Gasteiger partial charge in [0.25, 0.3) is 5.91 Å². The summed E-state index contributed by atoms with van der Waals surface area (Å²) in [6.07, 6.45) is 0. The summed E-state index contributed by atoms with van der Waals surface area (Å²) in [7, 11) is 0. The summed E-state index contributed by atoms with van der Waals surface area (Å²) in [5, 5.41) is 12.0. The van der Waals surface area contributed by atoms with Crippen molar-refractivity contribution < 1.29 is 14.3 Å². The monoisotopic (exact) mass is 336 g/mol. The van der Waals surface area contributed by atoms with Crippen molar-refractivity contribution in [3.05, 3.63) is 27.5 Å². The Morgan fingerprint density at radius 2 is 2.00 bits per heavy atom. The summed E-state index contributed by atoms with van der Waals surface area (Å²) >= 11 is 1.34. The normalized spacial score (nSPS) is 10.9. The molecule has 2 aromatic rings. The fourth-order valence-corrected chi connectivity index (χ4v) is 2.91. The maximum Gasteiger partial charge on any atom is 0.340 e. The van der Waals surface area contributed by atoms with Crippen LogP contribution in [0.25, 0.3) is 0 Å². The van der Waals surface area contributed by atoms with Gasteiger partial charge in [-0.05, 0) is 26.3 Å². The summed E-state index contributed by atoms with van der Waals surface area (Å²) < 4.78 is 5.02. The highest BCUT2D eigenvalue weighted by atomic mass is 32.1. The van der Waals surface area contributed by atoms with Crippen LogP contribution >= 0.6 is 11.3 Å². The molecule has 2 N–H and O–H groups in total. The third-order valence-electron chi connectivity index (χ3n) is 3.30. The number of hydrogen-bond acceptors (Lipinski definition) is 6. The number of carbonyl (C=O) groups is 2. The molecule has 0 fully saturated rings. The number of esters is 1. The zero-order chi connectivity index (χ0) is 17.1. The number of rotatable bonds is 5. The second-order valence-corrected chi connectivity index (χ2v) is 6.41. The van der Waals surface area contributed by atoms with Gasteiger partial charge < -0.3 is 9.72 Å². The van der Waals surface area contributed by atoms with Gasteiger partial charge in [-0.2, -0.15) is 0 Å². The molecule has 0 aliphatic heterocycles. The smallest absolute Gasteiger partial charge is 0.340 e. The largest absolute Gasteiger partial charge is 0.462 e. The van der Waals surface area contributed by atoms with E-state index in [2.05, 4.69) is 20.5 Å². The Hall–Kier alpha value is -2.22. The lowest BCUT2D eigenvalue weighted by Crippen LogP contribution is -2.14. The Morgan fingerprint density at radius 1 is 1.30 bits per heavy atom. The van der Waals surface area contributed by atoms with E-state index in [-0.39, 0.29) is 18.4 Å². The molecule has 124 valence electrons. The van der Waals surface area contributed by atoms with E-state index >= 15 is 0 Å². The van der Waals surface area contributed by atoms with Crippen molar-refractivity contribution in [2.75, 3.05) is 11.9 Å². The van der Waals surface area contributed by atoms with E-state index in [0.717, 1.165) is 5.01 Å². The van der Waals surface area contributed by atoms with Gasteiger partial charge in [-0.1, -0.05) is 25.2 Å². The lowest BCUT2D eigenvalue weighted by molar-refractivity contribution is 0.0525. The molecule has 0 saturated heterocycles. The number of anilines is 1. The van der Waals surface area contributed by atoms with Gasteiger partial charge in [-0.3, -0.25) is 10.1 Å². The quantitative estimate of drug-likeness (QED) is 0.818. The van der Waals surface area contributed by atoms with Gasteiger partial charge in [-0.15, -0.1) is 10.2 Å². The van der Waals surface area contributed by atoms with E-state index in [1.165, 1.54) is 11.3 Å². The second-order valence-electron chi connectivity index (χ2n) is 5.40. The molecule has 1 amide bonds. The Kier molecular flexibility index (Phi) is 5.15. The van der Waals surface area contributed by atoms with E-state index in [4.69, 9.17) is 4.74 Å². The van der Waals surface area contributed by atoms with Gasteiger partial charge in [0.2, 0.25) is 5.13 Å². The Labute approximate surface area is 138 Å².